The summed E-state index contributed by atoms with van der Waals surface area (Å²) in [5.74, 6) is 8.40. The zero-order valence-electron chi connectivity index (χ0n) is 7.89. The summed E-state index contributed by atoms with van der Waals surface area (Å²) in [5.41, 5.74) is 0. The molecule has 0 saturated heterocycles. The minimum absolute atomic E-state index is 0.814. The van der Waals surface area contributed by atoms with E-state index in [0.29, 0.717) is 0 Å². The summed E-state index contributed by atoms with van der Waals surface area (Å²) in [7, 11) is 0. The molecule has 2 nitrogen and oxygen atoms in total. The number of carboxylic acids is 1. The normalized spacial score (nSPS) is 7.77. The smallest absolute Gasteiger partial charge is 0.382 e. The molecule has 13 heavy (non-hydrogen) atoms. The summed E-state index contributed by atoms with van der Waals surface area (Å²) >= 11 is 0. The molecule has 0 radical (unpaired) electrons. The summed E-state index contributed by atoms with van der Waals surface area (Å²) in [6, 6.07) is 0. The van der Waals surface area contributed by atoms with Crippen molar-refractivity contribution in [3.05, 3.63) is 0 Å². The molecule has 0 unspecified atom stereocenters. The van der Waals surface area contributed by atoms with Crippen LogP contribution in [0.25, 0.3) is 0 Å². The van der Waals surface area contributed by atoms with Crippen molar-refractivity contribution in [3.8, 4) is 23.7 Å². The van der Waals surface area contributed by atoms with Crippen LogP contribution in [0.3, 0.4) is 0 Å². The van der Waals surface area contributed by atoms with Gasteiger partial charge in [0.25, 0.3) is 0 Å². The molecule has 0 amide bonds. The van der Waals surface area contributed by atoms with Crippen molar-refractivity contribution in [2.45, 2.75) is 39.0 Å². The minimum Gasteiger partial charge on any atom is -0.472 e. The van der Waals surface area contributed by atoms with Crippen LogP contribution in [-0.2, 0) is 4.79 Å². The van der Waals surface area contributed by atoms with E-state index in [4.69, 9.17) is 5.11 Å². The first-order valence-corrected chi connectivity index (χ1v) is 4.49. The number of carbonyl (C=O) groups is 1. The fourth-order valence-electron chi connectivity index (χ4n) is 0.832. The van der Waals surface area contributed by atoms with E-state index in [-0.39, 0.29) is 0 Å². The molecule has 70 valence electrons. The zero-order valence-corrected chi connectivity index (χ0v) is 7.89. The number of hydrogen-bond donors (Lipinski definition) is 1. The second-order valence-electron chi connectivity index (χ2n) is 2.67. The number of carboxylic acid groups (broad SMARTS) is 1. The van der Waals surface area contributed by atoms with E-state index in [1.165, 1.54) is 19.3 Å². The average molecular weight is 178 g/mol. The van der Waals surface area contributed by atoms with E-state index in [1.54, 1.807) is 0 Å². The van der Waals surface area contributed by atoms with Gasteiger partial charge in [0.05, 0.1) is 0 Å². The topological polar surface area (TPSA) is 37.3 Å². The Bertz CT molecular complexity index is 257. The Balaban J connectivity index is 3.42. The first kappa shape index (κ1) is 11.6. The largest absolute Gasteiger partial charge is 0.472 e. The maximum Gasteiger partial charge on any atom is 0.382 e. The maximum absolute atomic E-state index is 9.93. The molecule has 0 atom stereocenters. The van der Waals surface area contributed by atoms with Crippen molar-refractivity contribution in [2.24, 2.45) is 0 Å². The first-order chi connectivity index (χ1) is 6.27. The van der Waals surface area contributed by atoms with E-state index >= 15 is 0 Å². The maximum atomic E-state index is 9.93. The van der Waals surface area contributed by atoms with Crippen LogP contribution in [-0.4, -0.2) is 11.1 Å². The number of unbranched alkanes of at least 4 members (excludes halogenated alkanes) is 4. The van der Waals surface area contributed by atoms with Gasteiger partial charge in [-0.1, -0.05) is 32.1 Å². The SMILES string of the molecule is CCCCCCC#CC#CC(=O)O. The highest BCUT2D eigenvalue weighted by molar-refractivity contribution is 5.87. The molecule has 0 fully saturated rings. The van der Waals surface area contributed by atoms with Crippen molar-refractivity contribution in [1.82, 2.24) is 0 Å². The summed E-state index contributed by atoms with van der Waals surface area (Å²) in [6.45, 7) is 2.16. The number of rotatable bonds is 4. The molecule has 0 spiro atoms. The van der Waals surface area contributed by atoms with E-state index in [0.717, 1.165) is 12.8 Å². The van der Waals surface area contributed by atoms with Crippen LogP contribution < -0.4 is 0 Å². The molecule has 1 N–H and O–H groups in total. The first-order valence-electron chi connectivity index (χ1n) is 4.49. The van der Waals surface area contributed by atoms with Crippen molar-refractivity contribution < 1.29 is 9.90 Å². The average Bonchev–Trinajstić information content (AvgIpc) is 2.09. The van der Waals surface area contributed by atoms with E-state index < -0.39 is 5.97 Å². The molecule has 0 bridgehead atoms. The highest BCUT2D eigenvalue weighted by Crippen LogP contribution is 2.00. The van der Waals surface area contributed by atoms with Crippen LogP contribution in [0, 0.1) is 23.7 Å². The molecule has 0 aliphatic rings. The Hall–Kier alpha value is -1.41. The molecule has 0 saturated carbocycles. The van der Waals surface area contributed by atoms with Gasteiger partial charge < -0.3 is 5.11 Å². The van der Waals surface area contributed by atoms with Gasteiger partial charge in [0.2, 0.25) is 0 Å². The van der Waals surface area contributed by atoms with Crippen molar-refractivity contribution in [2.75, 3.05) is 0 Å². The van der Waals surface area contributed by atoms with E-state index in [2.05, 4.69) is 24.7 Å². The van der Waals surface area contributed by atoms with Gasteiger partial charge in [-0.25, -0.2) is 4.79 Å². The van der Waals surface area contributed by atoms with Crippen molar-refractivity contribution in [3.63, 3.8) is 0 Å². The standard InChI is InChI=1S/C11H14O2/c1-2-3-4-5-6-7-8-9-10-11(12)13/h2-6H2,1H3,(H,12,13). The molecule has 0 aromatic carbocycles. The molecule has 0 heterocycles. The Morgan fingerprint density at radius 1 is 1.23 bits per heavy atom. The molecule has 0 rings (SSSR count). The third kappa shape index (κ3) is 10.6. The Kier molecular flexibility index (Phi) is 7.74. The van der Waals surface area contributed by atoms with E-state index in [1.807, 2.05) is 5.92 Å². The van der Waals surface area contributed by atoms with Gasteiger partial charge in [0.15, 0.2) is 0 Å². The molecule has 0 aromatic heterocycles. The minimum atomic E-state index is -1.12. The molecule has 2 heteroatoms. The van der Waals surface area contributed by atoms with Gasteiger partial charge in [0, 0.05) is 12.3 Å². The van der Waals surface area contributed by atoms with Gasteiger partial charge in [0.1, 0.15) is 0 Å². The lowest BCUT2D eigenvalue weighted by Gasteiger charge is -1.90. The van der Waals surface area contributed by atoms with Gasteiger partial charge in [-0.05, 0) is 18.3 Å². The summed E-state index contributed by atoms with van der Waals surface area (Å²) in [4.78, 5) is 9.93. The fourth-order valence-corrected chi connectivity index (χ4v) is 0.832. The molecular formula is C11H14O2. The van der Waals surface area contributed by atoms with Gasteiger partial charge in [-0.2, -0.15) is 0 Å². The fraction of sp³-hybridized carbons (Fsp3) is 0.545. The van der Waals surface area contributed by atoms with Crippen LogP contribution >= 0.6 is 0 Å². The van der Waals surface area contributed by atoms with Gasteiger partial charge in [-0.3, -0.25) is 0 Å². The van der Waals surface area contributed by atoms with Crippen LogP contribution in [0.5, 0.6) is 0 Å². The Morgan fingerprint density at radius 2 is 2.00 bits per heavy atom. The molecule has 0 aliphatic carbocycles. The van der Waals surface area contributed by atoms with Crippen molar-refractivity contribution >= 4 is 5.97 Å². The third-order valence-electron chi connectivity index (χ3n) is 1.48. The second kappa shape index (κ2) is 8.68. The summed E-state index contributed by atoms with van der Waals surface area (Å²) in [5, 5.41) is 8.14. The second-order valence-corrected chi connectivity index (χ2v) is 2.67. The van der Waals surface area contributed by atoms with Gasteiger partial charge >= 0.3 is 5.97 Å². The number of hydrogen-bond acceptors (Lipinski definition) is 1. The number of aliphatic carboxylic acids is 1. The Labute approximate surface area is 79.3 Å². The predicted molar refractivity (Wildman–Crippen MR) is 51.9 cm³/mol. The highest BCUT2D eigenvalue weighted by Gasteiger charge is 1.83. The molecular weight excluding hydrogens is 164 g/mol. The zero-order chi connectivity index (χ0) is 9.94. The van der Waals surface area contributed by atoms with Crippen LogP contribution in [0.1, 0.15) is 39.0 Å². The lowest BCUT2D eigenvalue weighted by Crippen LogP contribution is -1.85. The van der Waals surface area contributed by atoms with Crippen LogP contribution in [0.2, 0.25) is 0 Å². The van der Waals surface area contributed by atoms with Gasteiger partial charge in [-0.15, -0.1) is 0 Å². The van der Waals surface area contributed by atoms with E-state index in [9.17, 15) is 4.79 Å². The molecule has 0 aromatic rings. The molecule has 0 aliphatic heterocycles. The quantitative estimate of drug-likeness (QED) is 0.528. The summed E-state index contributed by atoms with van der Waals surface area (Å²) < 4.78 is 0. The predicted octanol–water partition coefficient (Wildman–Crippen LogP) is 2.05. The highest BCUT2D eigenvalue weighted by atomic mass is 16.4. The van der Waals surface area contributed by atoms with Crippen LogP contribution in [0.4, 0.5) is 0 Å². The lowest BCUT2D eigenvalue weighted by molar-refractivity contribution is -0.130. The lowest BCUT2D eigenvalue weighted by atomic mass is 10.2. The summed E-state index contributed by atoms with van der Waals surface area (Å²) in [6.07, 6.45) is 5.54. The Morgan fingerprint density at radius 3 is 2.62 bits per heavy atom. The third-order valence-corrected chi connectivity index (χ3v) is 1.48. The monoisotopic (exact) mass is 178 g/mol. The van der Waals surface area contributed by atoms with Crippen LogP contribution in [0.15, 0.2) is 0 Å². The van der Waals surface area contributed by atoms with Crippen molar-refractivity contribution in [1.29, 1.82) is 0 Å².